The van der Waals surface area contributed by atoms with Gasteiger partial charge in [-0.1, -0.05) is 15.9 Å². The number of hydrogen-bond donors (Lipinski definition) is 1. The summed E-state index contributed by atoms with van der Waals surface area (Å²) in [6.45, 7) is 5.39. The molecule has 1 saturated heterocycles. The highest BCUT2D eigenvalue weighted by atomic mass is 79.9. The monoisotopic (exact) mass is 340 g/mol. The van der Waals surface area contributed by atoms with Crippen molar-refractivity contribution < 1.29 is 9.53 Å². The Morgan fingerprint density at radius 1 is 1.35 bits per heavy atom. The number of rotatable bonds is 3. The number of halogens is 1. The molecule has 0 spiro atoms. The Labute approximate surface area is 128 Å². The SMILES string of the molecule is CC(C)Oc1cc(Br)cc(C(=O)N2CCC(N)CC2)c1. The number of nitrogens with two attached hydrogens (primary N) is 1. The topological polar surface area (TPSA) is 55.6 Å². The van der Waals surface area contributed by atoms with Gasteiger partial charge in [0.2, 0.25) is 0 Å². The first-order valence-corrected chi connectivity index (χ1v) is 7.77. The molecule has 5 heteroatoms. The Balaban J connectivity index is 2.14. The van der Waals surface area contributed by atoms with Gasteiger partial charge in [0, 0.05) is 29.2 Å². The highest BCUT2D eigenvalue weighted by Crippen LogP contribution is 2.24. The van der Waals surface area contributed by atoms with Crippen LogP contribution in [0, 0.1) is 0 Å². The van der Waals surface area contributed by atoms with Crippen LogP contribution in [0.15, 0.2) is 22.7 Å². The molecule has 0 bridgehead atoms. The van der Waals surface area contributed by atoms with Crippen LogP contribution in [0.3, 0.4) is 0 Å². The summed E-state index contributed by atoms with van der Waals surface area (Å²) in [4.78, 5) is 14.4. The number of nitrogens with zero attached hydrogens (tertiary/aromatic N) is 1. The highest BCUT2D eigenvalue weighted by molar-refractivity contribution is 9.10. The van der Waals surface area contributed by atoms with E-state index in [0.717, 1.165) is 30.4 Å². The van der Waals surface area contributed by atoms with E-state index in [1.165, 1.54) is 0 Å². The summed E-state index contributed by atoms with van der Waals surface area (Å²) in [6.07, 6.45) is 1.82. The molecular weight excluding hydrogens is 320 g/mol. The maximum atomic E-state index is 12.5. The average Bonchev–Trinajstić information content (AvgIpc) is 2.37. The summed E-state index contributed by atoms with van der Waals surface area (Å²) in [6, 6.07) is 5.75. The Morgan fingerprint density at radius 2 is 2.00 bits per heavy atom. The molecule has 0 aliphatic carbocycles. The van der Waals surface area contributed by atoms with Gasteiger partial charge in [0.1, 0.15) is 5.75 Å². The lowest BCUT2D eigenvalue weighted by Crippen LogP contribution is -2.42. The van der Waals surface area contributed by atoms with Crippen LogP contribution in [0.4, 0.5) is 0 Å². The van der Waals surface area contributed by atoms with E-state index >= 15 is 0 Å². The van der Waals surface area contributed by atoms with E-state index < -0.39 is 0 Å². The summed E-state index contributed by atoms with van der Waals surface area (Å²) in [7, 11) is 0. The van der Waals surface area contributed by atoms with Crippen molar-refractivity contribution in [1.82, 2.24) is 4.90 Å². The molecule has 1 aromatic rings. The minimum absolute atomic E-state index is 0.0480. The molecule has 4 nitrogen and oxygen atoms in total. The number of carbonyl (C=O) groups is 1. The van der Waals surface area contributed by atoms with Gasteiger partial charge in [0.05, 0.1) is 6.10 Å². The van der Waals surface area contributed by atoms with E-state index in [1.807, 2.05) is 36.9 Å². The van der Waals surface area contributed by atoms with Crippen LogP contribution in [0.25, 0.3) is 0 Å². The van der Waals surface area contributed by atoms with Gasteiger partial charge < -0.3 is 15.4 Å². The van der Waals surface area contributed by atoms with Crippen LogP contribution in [-0.4, -0.2) is 36.0 Å². The Hall–Kier alpha value is -1.07. The molecule has 1 heterocycles. The van der Waals surface area contributed by atoms with E-state index in [4.69, 9.17) is 10.5 Å². The second kappa shape index (κ2) is 6.59. The van der Waals surface area contributed by atoms with Gasteiger partial charge in [0.25, 0.3) is 5.91 Å². The van der Waals surface area contributed by atoms with E-state index in [0.29, 0.717) is 11.3 Å². The maximum Gasteiger partial charge on any atom is 0.254 e. The van der Waals surface area contributed by atoms with Gasteiger partial charge in [0.15, 0.2) is 0 Å². The van der Waals surface area contributed by atoms with Crippen molar-refractivity contribution in [3.8, 4) is 5.75 Å². The van der Waals surface area contributed by atoms with Crippen LogP contribution in [0.5, 0.6) is 5.75 Å². The molecule has 1 aliphatic rings. The van der Waals surface area contributed by atoms with Crippen molar-refractivity contribution in [2.75, 3.05) is 13.1 Å². The van der Waals surface area contributed by atoms with E-state index in [2.05, 4.69) is 15.9 Å². The molecule has 20 heavy (non-hydrogen) atoms. The minimum atomic E-state index is 0.0480. The van der Waals surface area contributed by atoms with Crippen LogP contribution in [-0.2, 0) is 0 Å². The minimum Gasteiger partial charge on any atom is -0.491 e. The molecule has 0 saturated carbocycles. The van der Waals surface area contributed by atoms with Crippen LogP contribution in [0.1, 0.15) is 37.0 Å². The van der Waals surface area contributed by atoms with Crippen molar-refractivity contribution >= 4 is 21.8 Å². The lowest BCUT2D eigenvalue weighted by Gasteiger charge is -2.30. The molecule has 2 N–H and O–H groups in total. The smallest absolute Gasteiger partial charge is 0.254 e. The predicted molar refractivity (Wildman–Crippen MR) is 83.0 cm³/mol. The number of likely N-dealkylation sites (tertiary alicyclic amines) is 1. The number of ether oxygens (including phenoxy) is 1. The van der Waals surface area contributed by atoms with Crippen LogP contribution >= 0.6 is 15.9 Å². The highest BCUT2D eigenvalue weighted by Gasteiger charge is 2.22. The summed E-state index contributed by atoms with van der Waals surface area (Å²) in [5.74, 6) is 0.762. The maximum absolute atomic E-state index is 12.5. The van der Waals surface area contributed by atoms with E-state index in [-0.39, 0.29) is 18.1 Å². The second-order valence-electron chi connectivity index (χ2n) is 5.47. The molecule has 0 unspecified atom stereocenters. The average molecular weight is 341 g/mol. The zero-order valence-electron chi connectivity index (χ0n) is 11.9. The number of piperidine rings is 1. The molecular formula is C15H21BrN2O2. The van der Waals surface area contributed by atoms with Crippen LogP contribution in [0.2, 0.25) is 0 Å². The summed E-state index contributed by atoms with van der Waals surface area (Å²) in [5.41, 5.74) is 6.53. The molecule has 110 valence electrons. The van der Waals surface area contributed by atoms with Crippen LogP contribution < -0.4 is 10.5 Å². The number of amides is 1. The van der Waals surface area contributed by atoms with Gasteiger partial charge in [-0.05, 0) is 44.9 Å². The molecule has 1 fully saturated rings. The molecule has 1 aromatic carbocycles. The third kappa shape index (κ3) is 3.96. The molecule has 1 aliphatic heterocycles. The summed E-state index contributed by atoms with van der Waals surface area (Å²) in [5, 5.41) is 0. The second-order valence-corrected chi connectivity index (χ2v) is 6.39. The molecule has 0 radical (unpaired) electrons. The third-order valence-electron chi connectivity index (χ3n) is 3.32. The Morgan fingerprint density at radius 3 is 2.60 bits per heavy atom. The fraction of sp³-hybridized carbons (Fsp3) is 0.533. The van der Waals surface area contributed by atoms with Gasteiger partial charge in [-0.3, -0.25) is 4.79 Å². The van der Waals surface area contributed by atoms with E-state index in [1.54, 1.807) is 0 Å². The number of hydrogen-bond acceptors (Lipinski definition) is 3. The standard InChI is InChI=1S/C15H21BrN2O2/c1-10(2)20-14-8-11(7-12(16)9-14)15(19)18-5-3-13(17)4-6-18/h7-10,13H,3-6,17H2,1-2H3. The molecule has 2 rings (SSSR count). The van der Waals surface area contributed by atoms with E-state index in [9.17, 15) is 4.79 Å². The Bertz CT molecular complexity index is 483. The molecule has 1 amide bonds. The summed E-state index contributed by atoms with van der Waals surface area (Å²) < 4.78 is 6.52. The summed E-state index contributed by atoms with van der Waals surface area (Å²) >= 11 is 3.43. The normalized spacial score (nSPS) is 16.6. The van der Waals surface area contributed by atoms with Crippen molar-refractivity contribution in [2.45, 2.75) is 38.8 Å². The number of carbonyl (C=O) groups excluding carboxylic acids is 1. The third-order valence-corrected chi connectivity index (χ3v) is 3.77. The van der Waals surface area contributed by atoms with Crippen molar-refractivity contribution in [3.05, 3.63) is 28.2 Å². The fourth-order valence-electron chi connectivity index (χ4n) is 2.31. The van der Waals surface area contributed by atoms with Gasteiger partial charge >= 0.3 is 0 Å². The predicted octanol–water partition coefficient (Wildman–Crippen LogP) is 2.80. The van der Waals surface area contributed by atoms with Crippen molar-refractivity contribution in [2.24, 2.45) is 5.73 Å². The Kier molecular flexibility index (Phi) is 5.05. The fourth-order valence-corrected chi connectivity index (χ4v) is 2.78. The molecule has 0 aromatic heterocycles. The first-order chi connectivity index (χ1) is 9.45. The van der Waals surface area contributed by atoms with Gasteiger partial charge in [-0.25, -0.2) is 0 Å². The quantitative estimate of drug-likeness (QED) is 0.920. The zero-order chi connectivity index (χ0) is 14.7. The lowest BCUT2D eigenvalue weighted by molar-refractivity contribution is 0.0714. The lowest BCUT2D eigenvalue weighted by atomic mass is 10.0. The first kappa shape index (κ1) is 15.3. The van der Waals surface area contributed by atoms with Crippen molar-refractivity contribution in [3.63, 3.8) is 0 Å². The van der Waals surface area contributed by atoms with Gasteiger partial charge in [-0.2, -0.15) is 0 Å². The number of benzene rings is 1. The zero-order valence-corrected chi connectivity index (χ0v) is 13.5. The van der Waals surface area contributed by atoms with Gasteiger partial charge in [-0.15, -0.1) is 0 Å². The molecule has 0 atom stereocenters. The first-order valence-electron chi connectivity index (χ1n) is 6.98. The van der Waals surface area contributed by atoms with Crippen molar-refractivity contribution in [1.29, 1.82) is 0 Å². The largest absolute Gasteiger partial charge is 0.491 e.